The number of carbonyl (C=O) groups excluding carboxylic acids is 2. The molecular formula is C18H27N3O3. The second-order valence-corrected chi connectivity index (χ2v) is 6.99. The van der Waals surface area contributed by atoms with Crippen molar-refractivity contribution in [2.24, 2.45) is 5.41 Å². The first kappa shape index (κ1) is 18.4. The van der Waals surface area contributed by atoms with Gasteiger partial charge < -0.3 is 15.4 Å². The van der Waals surface area contributed by atoms with E-state index < -0.39 is 5.41 Å². The van der Waals surface area contributed by atoms with Crippen LogP contribution in [-0.2, 0) is 9.53 Å². The number of rotatable bonds is 5. The highest BCUT2D eigenvalue weighted by molar-refractivity contribution is 5.98. The maximum absolute atomic E-state index is 12.3. The molecule has 2 N–H and O–H groups in total. The number of nitrogens with zero attached hydrogens (tertiary/aromatic N) is 1. The number of nitrogens with one attached hydrogen (secondary N) is 2. The lowest BCUT2D eigenvalue weighted by Crippen LogP contribution is -2.41. The predicted molar refractivity (Wildman–Crippen MR) is 94.1 cm³/mol. The number of hydrogen-bond donors (Lipinski definition) is 2. The third kappa shape index (κ3) is 5.62. The second-order valence-electron chi connectivity index (χ2n) is 6.99. The van der Waals surface area contributed by atoms with Crippen molar-refractivity contribution in [3.63, 3.8) is 0 Å². The van der Waals surface area contributed by atoms with Crippen LogP contribution >= 0.6 is 0 Å². The first-order chi connectivity index (χ1) is 11.4. The van der Waals surface area contributed by atoms with Crippen molar-refractivity contribution in [3.05, 3.63) is 29.8 Å². The average molecular weight is 333 g/mol. The molecule has 1 aliphatic rings. The van der Waals surface area contributed by atoms with E-state index in [1.54, 1.807) is 24.3 Å². The molecule has 132 valence electrons. The standard InChI is InChI=1S/C18H27N3O3/c1-18(2,3)17(23)20-15-6-4-5-14(13-15)16(22)19-7-8-21-9-11-24-12-10-21/h4-6,13H,7-12H2,1-3H3,(H,19,22)(H,20,23). The predicted octanol–water partition coefficient (Wildman–Crippen LogP) is 1.73. The molecular weight excluding hydrogens is 306 g/mol. The molecule has 0 saturated carbocycles. The summed E-state index contributed by atoms with van der Waals surface area (Å²) in [6.45, 7) is 10.3. The zero-order valence-electron chi connectivity index (χ0n) is 14.7. The van der Waals surface area contributed by atoms with Crippen LogP contribution in [0.5, 0.6) is 0 Å². The van der Waals surface area contributed by atoms with E-state index in [0.717, 1.165) is 32.8 Å². The molecule has 6 heteroatoms. The Morgan fingerprint density at radius 3 is 2.58 bits per heavy atom. The molecule has 0 atom stereocenters. The first-order valence-corrected chi connectivity index (χ1v) is 8.36. The molecule has 0 aromatic heterocycles. The largest absolute Gasteiger partial charge is 0.379 e. The highest BCUT2D eigenvalue weighted by atomic mass is 16.5. The Morgan fingerprint density at radius 1 is 1.21 bits per heavy atom. The molecule has 1 saturated heterocycles. The van der Waals surface area contributed by atoms with Gasteiger partial charge >= 0.3 is 0 Å². The van der Waals surface area contributed by atoms with Gasteiger partial charge in [0.2, 0.25) is 5.91 Å². The van der Waals surface area contributed by atoms with E-state index in [9.17, 15) is 9.59 Å². The number of carbonyl (C=O) groups is 2. The zero-order valence-corrected chi connectivity index (χ0v) is 14.7. The summed E-state index contributed by atoms with van der Waals surface area (Å²) in [5, 5.41) is 5.77. The lowest BCUT2D eigenvalue weighted by atomic mass is 9.95. The molecule has 1 heterocycles. The van der Waals surface area contributed by atoms with Crippen molar-refractivity contribution < 1.29 is 14.3 Å². The van der Waals surface area contributed by atoms with Crippen LogP contribution in [0.25, 0.3) is 0 Å². The fourth-order valence-corrected chi connectivity index (χ4v) is 2.31. The highest BCUT2D eigenvalue weighted by Crippen LogP contribution is 2.18. The smallest absolute Gasteiger partial charge is 0.251 e. The topological polar surface area (TPSA) is 70.7 Å². The van der Waals surface area contributed by atoms with Crippen LogP contribution < -0.4 is 10.6 Å². The van der Waals surface area contributed by atoms with Gasteiger partial charge in [0.05, 0.1) is 13.2 Å². The molecule has 2 amide bonds. The van der Waals surface area contributed by atoms with E-state index >= 15 is 0 Å². The van der Waals surface area contributed by atoms with Crippen LogP contribution in [0.15, 0.2) is 24.3 Å². The SMILES string of the molecule is CC(C)(C)C(=O)Nc1cccc(C(=O)NCCN2CCOCC2)c1. The Bertz CT molecular complexity index is 575. The van der Waals surface area contributed by atoms with E-state index in [1.165, 1.54) is 0 Å². The summed E-state index contributed by atoms with van der Waals surface area (Å²) < 4.78 is 5.30. The van der Waals surface area contributed by atoms with Gasteiger partial charge in [-0.25, -0.2) is 0 Å². The molecule has 0 spiro atoms. The molecule has 1 fully saturated rings. The fraction of sp³-hybridized carbons (Fsp3) is 0.556. The molecule has 0 aliphatic carbocycles. The fourth-order valence-electron chi connectivity index (χ4n) is 2.31. The number of benzene rings is 1. The van der Waals surface area contributed by atoms with Crippen molar-refractivity contribution in [1.82, 2.24) is 10.2 Å². The van der Waals surface area contributed by atoms with E-state index in [0.29, 0.717) is 17.8 Å². The van der Waals surface area contributed by atoms with E-state index in [4.69, 9.17) is 4.74 Å². The van der Waals surface area contributed by atoms with Gasteiger partial charge in [0.15, 0.2) is 0 Å². The Kier molecular flexibility index (Phi) is 6.34. The maximum atomic E-state index is 12.3. The Morgan fingerprint density at radius 2 is 1.92 bits per heavy atom. The molecule has 0 radical (unpaired) electrons. The van der Waals surface area contributed by atoms with Crippen molar-refractivity contribution in [3.8, 4) is 0 Å². The van der Waals surface area contributed by atoms with Crippen LogP contribution in [0, 0.1) is 5.41 Å². The van der Waals surface area contributed by atoms with Crippen molar-refractivity contribution >= 4 is 17.5 Å². The summed E-state index contributed by atoms with van der Waals surface area (Å²) in [6.07, 6.45) is 0. The van der Waals surface area contributed by atoms with Crippen LogP contribution in [0.1, 0.15) is 31.1 Å². The molecule has 24 heavy (non-hydrogen) atoms. The van der Waals surface area contributed by atoms with Gasteiger partial charge in [-0.05, 0) is 18.2 Å². The molecule has 1 aromatic carbocycles. The summed E-state index contributed by atoms with van der Waals surface area (Å²) in [7, 11) is 0. The Balaban J connectivity index is 1.85. The molecule has 0 unspecified atom stereocenters. The van der Waals surface area contributed by atoms with Gasteiger partial charge in [-0.2, -0.15) is 0 Å². The minimum absolute atomic E-state index is 0.0765. The molecule has 6 nitrogen and oxygen atoms in total. The zero-order chi connectivity index (χ0) is 17.6. The number of anilines is 1. The van der Waals surface area contributed by atoms with Crippen molar-refractivity contribution in [2.75, 3.05) is 44.7 Å². The van der Waals surface area contributed by atoms with E-state index in [1.807, 2.05) is 20.8 Å². The van der Waals surface area contributed by atoms with Gasteiger partial charge in [0, 0.05) is 42.8 Å². The Labute approximate surface area is 143 Å². The summed E-state index contributed by atoms with van der Waals surface area (Å²) in [6, 6.07) is 7.01. The third-order valence-electron chi connectivity index (χ3n) is 3.88. The second kappa shape index (κ2) is 8.26. The number of hydrogen-bond acceptors (Lipinski definition) is 4. The molecule has 1 aromatic rings. The van der Waals surface area contributed by atoms with Gasteiger partial charge in [0.1, 0.15) is 0 Å². The lowest BCUT2D eigenvalue weighted by molar-refractivity contribution is -0.123. The quantitative estimate of drug-likeness (QED) is 0.861. The van der Waals surface area contributed by atoms with Gasteiger partial charge in [-0.15, -0.1) is 0 Å². The normalized spacial score (nSPS) is 15.8. The minimum Gasteiger partial charge on any atom is -0.379 e. The summed E-state index contributed by atoms with van der Waals surface area (Å²) in [5.41, 5.74) is 0.704. The Hall–Kier alpha value is -1.92. The van der Waals surface area contributed by atoms with E-state index in [2.05, 4.69) is 15.5 Å². The van der Waals surface area contributed by atoms with Gasteiger partial charge in [-0.3, -0.25) is 14.5 Å². The minimum atomic E-state index is -0.476. The van der Waals surface area contributed by atoms with Gasteiger partial charge in [0.25, 0.3) is 5.91 Å². The first-order valence-electron chi connectivity index (χ1n) is 8.36. The van der Waals surface area contributed by atoms with Crippen LogP contribution in [-0.4, -0.2) is 56.1 Å². The molecule has 0 bridgehead atoms. The summed E-state index contributed by atoms with van der Waals surface area (Å²) >= 11 is 0. The van der Waals surface area contributed by atoms with Crippen molar-refractivity contribution in [1.29, 1.82) is 0 Å². The third-order valence-corrected chi connectivity index (χ3v) is 3.88. The summed E-state index contributed by atoms with van der Waals surface area (Å²) in [5.74, 6) is -0.206. The number of morpholine rings is 1. The highest BCUT2D eigenvalue weighted by Gasteiger charge is 2.21. The number of ether oxygens (including phenoxy) is 1. The monoisotopic (exact) mass is 333 g/mol. The van der Waals surface area contributed by atoms with E-state index in [-0.39, 0.29) is 11.8 Å². The maximum Gasteiger partial charge on any atom is 0.251 e. The van der Waals surface area contributed by atoms with Crippen molar-refractivity contribution in [2.45, 2.75) is 20.8 Å². The lowest BCUT2D eigenvalue weighted by Gasteiger charge is -2.26. The average Bonchev–Trinajstić information content (AvgIpc) is 2.55. The number of amides is 2. The van der Waals surface area contributed by atoms with Crippen LogP contribution in [0.4, 0.5) is 5.69 Å². The summed E-state index contributed by atoms with van der Waals surface area (Å²) in [4.78, 5) is 26.6. The molecule has 2 rings (SSSR count). The van der Waals surface area contributed by atoms with Gasteiger partial charge in [-0.1, -0.05) is 26.8 Å². The van der Waals surface area contributed by atoms with Crippen LogP contribution in [0.2, 0.25) is 0 Å². The van der Waals surface area contributed by atoms with Crippen LogP contribution in [0.3, 0.4) is 0 Å². The molecule has 1 aliphatic heterocycles.